The lowest BCUT2D eigenvalue weighted by Gasteiger charge is -2.12. The average Bonchev–Trinajstić information content (AvgIpc) is 3.04. The van der Waals surface area contributed by atoms with E-state index >= 15 is 0 Å². The third-order valence-electron chi connectivity index (χ3n) is 3.82. The first kappa shape index (κ1) is 18.5. The Morgan fingerprint density at radius 2 is 1.85 bits per heavy atom. The molecule has 0 saturated heterocycles. The Hall–Kier alpha value is -2.26. The molecule has 0 unspecified atom stereocenters. The fourth-order valence-corrected chi connectivity index (χ4v) is 4.61. The topological polar surface area (TPSA) is 95.5 Å². The molecule has 1 aromatic heterocycles. The van der Waals surface area contributed by atoms with Crippen LogP contribution in [0.3, 0.4) is 0 Å². The maximum atomic E-state index is 12.4. The van der Waals surface area contributed by atoms with Gasteiger partial charge in [-0.05, 0) is 41.1 Å². The van der Waals surface area contributed by atoms with Gasteiger partial charge in [-0.15, -0.1) is 11.3 Å². The monoisotopic (exact) mass is 390 g/mol. The number of carbonyl (C=O) groups is 1. The van der Waals surface area contributed by atoms with Gasteiger partial charge in [-0.25, -0.2) is 13.1 Å². The minimum atomic E-state index is -3.76. The highest BCUT2D eigenvalue weighted by Crippen LogP contribution is 2.30. The molecule has 0 fully saturated rings. The third-order valence-corrected chi connectivity index (χ3v) is 6.24. The highest BCUT2D eigenvalue weighted by molar-refractivity contribution is 7.89. The number of aliphatic hydroxyl groups is 1. The number of rotatable bonds is 6. The number of amides is 1. The molecular formula is C18H18N2O4S2. The van der Waals surface area contributed by atoms with Gasteiger partial charge < -0.3 is 10.4 Å². The summed E-state index contributed by atoms with van der Waals surface area (Å²) in [5.74, 6) is -0.232. The van der Waals surface area contributed by atoms with Crippen molar-refractivity contribution in [2.75, 3.05) is 11.9 Å². The van der Waals surface area contributed by atoms with E-state index in [4.69, 9.17) is 0 Å². The number of hydrogen-bond donors (Lipinski definition) is 3. The van der Waals surface area contributed by atoms with Gasteiger partial charge in [-0.1, -0.05) is 18.2 Å². The summed E-state index contributed by atoms with van der Waals surface area (Å²) in [6, 6.07) is 13.5. The van der Waals surface area contributed by atoms with Crippen molar-refractivity contribution in [3.8, 4) is 0 Å². The van der Waals surface area contributed by atoms with Gasteiger partial charge in [0.1, 0.15) is 0 Å². The summed E-state index contributed by atoms with van der Waals surface area (Å²) < 4.78 is 28.3. The first-order chi connectivity index (χ1) is 12.4. The van der Waals surface area contributed by atoms with Crippen LogP contribution >= 0.6 is 11.3 Å². The fourth-order valence-electron chi connectivity index (χ4n) is 2.56. The molecule has 136 valence electrons. The molecule has 6 nitrogen and oxygen atoms in total. The summed E-state index contributed by atoms with van der Waals surface area (Å²) in [7, 11) is -3.76. The van der Waals surface area contributed by atoms with Crippen molar-refractivity contribution >= 4 is 43.0 Å². The first-order valence-corrected chi connectivity index (χ1v) is 10.2. The number of benzene rings is 2. The van der Waals surface area contributed by atoms with Gasteiger partial charge in [-0.2, -0.15) is 0 Å². The number of thiophene rings is 1. The van der Waals surface area contributed by atoms with Crippen LogP contribution in [0, 0.1) is 0 Å². The number of aliphatic hydroxyl groups excluding tert-OH is 1. The number of hydrogen-bond acceptors (Lipinski definition) is 5. The predicted molar refractivity (Wildman–Crippen MR) is 103 cm³/mol. The minimum Gasteiger partial charge on any atom is -0.387 e. The van der Waals surface area contributed by atoms with Crippen LogP contribution in [0.25, 0.3) is 10.1 Å². The van der Waals surface area contributed by atoms with E-state index in [0.717, 1.165) is 10.1 Å². The molecule has 1 atom stereocenters. The van der Waals surface area contributed by atoms with E-state index in [9.17, 15) is 18.3 Å². The summed E-state index contributed by atoms with van der Waals surface area (Å²) in [5.41, 5.74) is 1.22. The van der Waals surface area contributed by atoms with Crippen molar-refractivity contribution in [3.63, 3.8) is 0 Å². The van der Waals surface area contributed by atoms with Gasteiger partial charge in [0.05, 0.1) is 11.0 Å². The summed E-state index contributed by atoms with van der Waals surface area (Å²) in [5, 5.41) is 15.7. The van der Waals surface area contributed by atoms with Gasteiger partial charge in [0.25, 0.3) is 0 Å². The lowest BCUT2D eigenvalue weighted by Crippen LogP contribution is -2.28. The van der Waals surface area contributed by atoms with Crippen molar-refractivity contribution in [1.29, 1.82) is 0 Å². The highest BCUT2D eigenvalue weighted by atomic mass is 32.2. The van der Waals surface area contributed by atoms with Crippen LogP contribution in [0.2, 0.25) is 0 Å². The largest absolute Gasteiger partial charge is 0.387 e. The van der Waals surface area contributed by atoms with E-state index in [1.807, 2.05) is 29.6 Å². The van der Waals surface area contributed by atoms with E-state index in [1.54, 1.807) is 0 Å². The Balaban J connectivity index is 1.70. The Labute approximate surface area is 155 Å². The molecule has 0 bridgehead atoms. The maximum Gasteiger partial charge on any atom is 0.240 e. The van der Waals surface area contributed by atoms with E-state index < -0.39 is 16.1 Å². The quantitative estimate of drug-likeness (QED) is 0.603. The zero-order valence-corrected chi connectivity index (χ0v) is 15.6. The molecule has 3 aromatic rings. The summed E-state index contributed by atoms with van der Waals surface area (Å²) in [4.78, 5) is 11.1. The van der Waals surface area contributed by atoms with Crippen LogP contribution in [0.15, 0.2) is 58.8 Å². The van der Waals surface area contributed by atoms with Crippen LogP contribution in [-0.4, -0.2) is 26.0 Å². The van der Waals surface area contributed by atoms with E-state index in [2.05, 4.69) is 10.0 Å². The maximum absolute atomic E-state index is 12.4. The predicted octanol–water partition coefficient (Wildman–Crippen LogP) is 2.87. The second-order valence-electron chi connectivity index (χ2n) is 5.76. The van der Waals surface area contributed by atoms with Gasteiger partial charge in [0.15, 0.2) is 0 Å². The molecule has 1 amide bonds. The number of carbonyl (C=O) groups excluding carboxylic acids is 1. The molecule has 8 heteroatoms. The normalized spacial score (nSPS) is 12.8. The Morgan fingerprint density at radius 3 is 2.54 bits per heavy atom. The van der Waals surface area contributed by atoms with Crippen molar-refractivity contribution in [1.82, 2.24) is 4.72 Å². The number of sulfonamides is 1. The lowest BCUT2D eigenvalue weighted by molar-refractivity contribution is -0.114. The molecule has 1 heterocycles. The molecule has 3 rings (SSSR count). The van der Waals surface area contributed by atoms with Crippen LogP contribution in [0.4, 0.5) is 5.69 Å². The molecule has 0 aliphatic rings. The number of fused-ring (bicyclic) bond motifs is 1. The highest BCUT2D eigenvalue weighted by Gasteiger charge is 2.18. The van der Waals surface area contributed by atoms with Crippen LogP contribution in [0.1, 0.15) is 18.6 Å². The van der Waals surface area contributed by atoms with E-state index in [0.29, 0.717) is 11.3 Å². The van der Waals surface area contributed by atoms with E-state index in [-0.39, 0.29) is 17.3 Å². The molecule has 0 spiro atoms. The van der Waals surface area contributed by atoms with Gasteiger partial charge in [0, 0.05) is 29.4 Å². The van der Waals surface area contributed by atoms with Crippen LogP contribution in [0.5, 0.6) is 0 Å². The molecule has 0 aliphatic heterocycles. The fraction of sp³-hybridized carbons (Fsp3) is 0.167. The lowest BCUT2D eigenvalue weighted by atomic mass is 10.1. The zero-order chi connectivity index (χ0) is 18.7. The van der Waals surface area contributed by atoms with Crippen molar-refractivity contribution in [3.05, 3.63) is 59.5 Å². The van der Waals surface area contributed by atoms with Gasteiger partial charge in [-0.3, -0.25) is 4.79 Å². The smallest absolute Gasteiger partial charge is 0.240 e. The number of nitrogens with one attached hydrogen (secondary N) is 2. The summed E-state index contributed by atoms with van der Waals surface area (Å²) >= 11 is 1.51. The Kier molecular flexibility index (Phi) is 5.38. The standard InChI is InChI=1S/C18H18N2O4S2/c1-12(21)20-13-6-8-14(9-7-13)26(23,24)19-10-17(22)16-11-25-18-5-3-2-4-15(16)18/h2-9,11,17,19,22H,10H2,1H3,(H,20,21)/t17-/m0/s1. The number of anilines is 1. The van der Waals surface area contributed by atoms with E-state index in [1.165, 1.54) is 42.5 Å². The first-order valence-electron chi connectivity index (χ1n) is 7.88. The zero-order valence-electron chi connectivity index (χ0n) is 14.0. The van der Waals surface area contributed by atoms with Crippen molar-refractivity contribution in [2.24, 2.45) is 0 Å². The summed E-state index contributed by atoms with van der Waals surface area (Å²) in [6.07, 6.45) is -0.945. The molecular weight excluding hydrogens is 372 g/mol. The Bertz CT molecular complexity index is 1030. The second kappa shape index (κ2) is 7.55. The minimum absolute atomic E-state index is 0.0639. The van der Waals surface area contributed by atoms with Crippen molar-refractivity contribution < 1.29 is 18.3 Å². The molecule has 2 aromatic carbocycles. The SMILES string of the molecule is CC(=O)Nc1ccc(S(=O)(=O)NC[C@H](O)c2csc3ccccc23)cc1. The van der Waals surface area contributed by atoms with Gasteiger partial charge in [0.2, 0.25) is 15.9 Å². The third kappa shape index (κ3) is 4.10. The van der Waals surface area contributed by atoms with Crippen LogP contribution < -0.4 is 10.0 Å². The van der Waals surface area contributed by atoms with Crippen LogP contribution in [-0.2, 0) is 14.8 Å². The second-order valence-corrected chi connectivity index (χ2v) is 8.44. The van der Waals surface area contributed by atoms with Crippen molar-refractivity contribution in [2.45, 2.75) is 17.9 Å². The molecule has 0 aliphatic carbocycles. The average molecular weight is 390 g/mol. The summed E-state index contributed by atoms with van der Waals surface area (Å²) in [6.45, 7) is 1.25. The molecule has 0 radical (unpaired) electrons. The molecule has 3 N–H and O–H groups in total. The molecule has 26 heavy (non-hydrogen) atoms. The molecule has 0 saturated carbocycles. The van der Waals surface area contributed by atoms with Gasteiger partial charge >= 0.3 is 0 Å². The Morgan fingerprint density at radius 1 is 1.15 bits per heavy atom.